The number of aryl methyl sites for hydroxylation is 1. The Labute approximate surface area is 252 Å². The van der Waals surface area contributed by atoms with E-state index >= 15 is 0 Å². The maximum atomic E-state index is 13.7. The lowest BCUT2D eigenvalue weighted by molar-refractivity contribution is -0.0978. The quantitative estimate of drug-likeness (QED) is 0.181. The molecule has 44 heavy (non-hydrogen) atoms. The number of rotatable bonds is 11. The summed E-state index contributed by atoms with van der Waals surface area (Å²) in [6.45, 7) is 0.885. The zero-order valence-electron chi connectivity index (χ0n) is 24.2. The molecule has 0 aliphatic carbocycles. The highest BCUT2D eigenvalue weighted by molar-refractivity contribution is 7.46. The smallest absolute Gasteiger partial charge is 0.497 e. The minimum atomic E-state index is -5.38. The van der Waals surface area contributed by atoms with Crippen molar-refractivity contribution in [1.29, 1.82) is 0 Å². The van der Waals surface area contributed by atoms with Crippen molar-refractivity contribution in [2.24, 2.45) is 0 Å². The topological polar surface area (TPSA) is 138 Å². The summed E-state index contributed by atoms with van der Waals surface area (Å²) in [6, 6.07) is 24.0. The fourth-order valence-electron chi connectivity index (χ4n) is 5.37. The van der Waals surface area contributed by atoms with Crippen LogP contribution in [0.2, 0.25) is 0 Å². The van der Waals surface area contributed by atoms with Gasteiger partial charge in [0.25, 0.3) is 5.56 Å². The normalized spacial score (nSPS) is 19.8. The molecule has 5 rings (SSSR count). The Morgan fingerprint density at radius 1 is 0.955 bits per heavy atom. The van der Waals surface area contributed by atoms with E-state index in [1.165, 1.54) is 17.7 Å². The fraction of sp³-hybridized carbons (Fsp3) is 0.290. The number of methoxy groups -OCH3 is 2. The van der Waals surface area contributed by atoms with Gasteiger partial charge in [-0.2, -0.15) is 0 Å². The van der Waals surface area contributed by atoms with Crippen LogP contribution in [0.15, 0.2) is 94.6 Å². The van der Waals surface area contributed by atoms with Crippen LogP contribution in [0, 0.1) is 6.92 Å². The lowest BCUT2D eigenvalue weighted by Crippen LogP contribution is -2.41. The van der Waals surface area contributed by atoms with Gasteiger partial charge in [-0.15, -0.1) is 4.20 Å². The maximum Gasteiger partial charge on any atom is 0.510 e. The van der Waals surface area contributed by atoms with Crippen LogP contribution in [0.3, 0.4) is 0 Å². The number of hydrogen-bond acceptors (Lipinski definition) is 8. The first-order chi connectivity index (χ1) is 21.0. The van der Waals surface area contributed by atoms with Gasteiger partial charge in [-0.3, -0.25) is 23.8 Å². The molecule has 0 radical (unpaired) electrons. The first-order valence-electron chi connectivity index (χ1n) is 13.7. The van der Waals surface area contributed by atoms with E-state index < -0.39 is 49.8 Å². The van der Waals surface area contributed by atoms with Crippen molar-refractivity contribution < 1.29 is 37.1 Å². The molecule has 3 aromatic carbocycles. The van der Waals surface area contributed by atoms with E-state index in [0.717, 1.165) is 5.56 Å². The largest absolute Gasteiger partial charge is 0.510 e. The third kappa shape index (κ3) is 6.54. The van der Waals surface area contributed by atoms with E-state index in [0.29, 0.717) is 22.6 Å². The summed E-state index contributed by atoms with van der Waals surface area (Å²) in [5, 5.41) is 0. The Kier molecular flexibility index (Phi) is 9.19. The number of nitrogens with zero attached hydrogens (tertiary/aromatic N) is 1. The van der Waals surface area contributed by atoms with E-state index in [-0.39, 0.29) is 12.0 Å². The molecule has 1 saturated heterocycles. The molecule has 1 unspecified atom stereocenters. The molecule has 0 amide bonds. The average molecular weight is 627 g/mol. The third-order valence-electron chi connectivity index (χ3n) is 7.54. The van der Waals surface area contributed by atoms with Crippen molar-refractivity contribution in [3.05, 3.63) is 128 Å². The van der Waals surface area contributed by atoms with Crippen LogP contribution in [0.5, 0.6) is 11.5 Å². The second-order valence-corrected chi connectivity index (χ2v) is 11.4. The molecule has 13 heteroatoms. The minimum absolute atomic E-state index is 0.0440. The highest BCUT2D eigenvalue weighted by Gasteiger charge is 2.47. The van der Waals surface area contributed by atoms with Gasteiger partial charge in [0, 0.05) is 18.2 Å². The van der Waals surface area contributed by atoms with Crippen molar-refractivity contribution >= 4 is 7.91 Å². The summed E-state index contributed by atoms with van der Waals surface area (Å²) in [6.07, 6.45) is -1.60. The molecule has 1 aliphatic rings. The molecule has 1 aliphatic heterocycles. The van der Waals surface area contributed by atoms with Crippen LogP contribution in [0.1, 0.15) is 34.9 Å². The number of nitrogens with one attached hydrogen (secondary N) is 1. The maximum absolute atomic E-state index is 13.7. The number of aromatic nitrogens is 2. The van der Waals surface area contributed by atoms with Gasteiger partial charge in [0.05, 0.1) is 26.9 Å². The predicted octanol–water partition coefficient (Wildman–Crippen LogP) is 4.61. The van der Waals surface area contributed by atoms with Gasteiger partial charge < -0.3 is 18.9 Å². The van der Waals surface area contributed by atoms with E-state index in [2.05, 4.69) is 9.51 Å². The molecular formula is C31H32FN2O9P. The number of aromatic amines is 1. The predicted molar refractivity (Wildman–Crippen MR) is 159 cm³/mol. The number of hydrogen-bond donors (Lipinski definition) is 2. The molecule has 0 spiro atoms. The first-order valence-corrected chi connectivity index (χ1v) is 15.2. The van der Waals surface area contributed by atoms with Gasteiger partial charge >= 0.3 is 13.6 Å². The molecule has 2 heterocycles. The molecule has 232 valence electrons. The van der Waals surface area contributed by atoms with E-state index in [4.69, 9.17) is 18.9 Å². The second-order valence-electron chi connectivity index (χ2n) is 10.3. The summed E-state index contributed by atoms with van der Waals surface area (Å²) in [7, 11) is -2.26. The summed E-state index contributed by atoms with van der Waals surface area (Å²) in [5.74, 6) is 1.24. The Morgan fingerprint density at radius 2 is 1.50 bits per heavy atom. The van der Waals surface area contributed by atoms with E-state index in [9.17, 15) is 23.2 Å². The van der Waals surface area contributed by atoms with Gasteiger partial charge in [0.1, 0.15) is 29.4 Å². The van der Waals surface area contributed by atoms with Gasteiger partial charge in [-0.25, -0.2) is 9.36 Å². The summed E-state index contributed by atoms with van der Waals surface area (Å²) in [5.41, 5.74) is -0.174. The van der Waals surface area contributed by atoms with Gasteiger partial charge in [-0.1, -0.05) is 54.6 Å². The van der Waals surface area contributed by atoms with Crippen molar-refractivity contribution in [1.82, 2.24) is 9.55 Å². The number of H-pyrrole nitrogens is 1. The highest BCUT2D eigenvalue weighted by atomic mass is 31.2. The number of benzene rings is 3. The average Bonchev–Trinajstić information content (AvgIpc) is 3.43. The second kappa shape index (κ2) is 12.9. The summed E-state index contributed by atoms with van der Waals surface area (Å²) >= 11 is 0. The van der Waals surface area contributed by atoms with Crippen LogP contribution in [-0.2, 0) is 24.2 Å². The van der Waals surface area contributed by atoms with Crippen LogP contribution in [-0.4, -0.2) is 47.5 Å². The lowest BCUT2D eigenvalue weighted by atomic mass is 9.79. The van der Waals surface area contributed by atoms with Gasteiger partial charge in [-0.05, 0) is 47.9 Å². The van der Waals surface area contributed by atoms with Crippen molar-refractivity contribution in [2.75, 3.05) is 20.8 Å². The molecule has 0 bridgehead atoms. The summed E-state index contributed by atoms with van der Waals surface area (Å²) < 4.78 is 55.0. The number of ether oxygens (including phenoxy) is 4. The molecule has 1 aromatic heterocycles. The number of halogens is 1. The Bertz CT molecular complexity index is 1690. The lowest BCUT2D eigenvalue weighted by Gasteiger charge is -2.39. The fourth-order valence-corrected chi connectivity index (χ4v) is 5.70. The van der Waals surface area contributed by atoms with Gasteiger partial charge in [0.2, 0.25) is 0 Å². The van der Waals surface area contributed by atoms with Crippen molar-refractivity contribution in [3.63, 3.8) is 0 Å². The molecule has 1 fully saturated rings. The van der Waals surface area contributed by atoms with Crippen LogP contribution >= 0.6 is 7.91 Å². The monoisotopic (exact) mass is 626 g/mol. The standard InChI is InChI=1S/C31H32FN2O9P/c1-20-18-34(30(36)33-29(20)35)28-17-26(27(42-28)19-41-44(32,37)38)43-31(21-7-5-4-6-8-21,22-9-13-24(39-2)14-10-22)23-11-15-25(40-3)16-12-23/h4-16,18,26-28H,17,19H2,1-3H3,(H,37,38)(H,33,35,36)/t26-,27+,28+/m0/s1. The van der Waals surface area contributed by atoms with E-state index in [1.807, 2.05) is 54.6 Å². The minimum Gasteiger partial charge on any atom is -0.497 e. The van der Waals surface area contributed by atoms with Crippen LogP contribution in [0.25, 0.3) is 0 Å². The molecular weight excluding hydrogens is 594 g/mol. The Balaban J connectivity index is 1.67. The first kappa shape index (κ1) is 31.4. The Morgan fingerprint density at radius 3 is 2.02 bits per heavy atom. The third-order valence-corrected chi connectivity index (χ3v) is 8.00. The van der Waals surface area contributed by atoms with Crippen molar-refractivity contribution in [3.8, 4) is 11.5 Å². The molecule has 4 atom stereocenters. The zero-order valence-corrected chi connectivity index (χ0v) is 25.1. The van der Waals surface area contributed by atoms with E-state index in [1.54, 1.807) is 38.5 Å². The molecule has 2 N–H and O–H groups in total. The van der Waals surface area contributed by atoms with Crippen molar-refractivity contribution in [2.45, 2.75) is 37.4 Å². The van der Waals surface area contributed by atoms with Crippen LogP contribution < -0.4 is 20.7 Å². The SMILES string of the molecule is COc1ccc(C(O[C@H]2C[C@H](n3cc(C)c(=O)[nH]c3=O)O[C@@H]2COP(=O)(O)F)(c2ccccc2)c2ccc(OC)cc2)cc1. The molecule has 4 aromatic rings. The molecule has 0 saturated carbocycles. The Hall–Kier alpha value is -4.06. The highest BCUT2D eigenvalue weighted by Crippen LogP contribution is 2.47. The zero-order chi connectivity index (χ0) is 31.5. The molecule has 11 nitrogen and oxygen atoms in total. The van der Waals surface area contributed by atoms with Gasteiger partial charge in [0.15, 0.2) is 0 Å². The van der Waals surface area contributed by atoms with Crippen LogP contribution in [0.4, 0.5) is 4.20 Å². The summed E-state index contributed by atoms with van der Waals surface area (Å²) in [4.78, 5) is 36.3.